The smallest absolute Gasteiger partial charge is 0.0572 e. The number of ether oxygens (including phenoxy) is 1. The SMILES string of the molecule is C[C@H](c1ccccn1)N1CCN(CCCCC2CCOCC2)CC1. The minimum Gasteiger partial charge on any atom is -0.381 e. The molecule has 2 aliphatic rings. The Bertz CT molecular complexity index is 453. The quantitative estimate of drug-likeness (QED) is 0.716. The highest BCUT2D eigenvalue weighted by Gasteiger charge is 2.22. The van der Waals surface area contributed by atoms with Crippen LogP contribution in [0.2, 0.25) is 0 Å². The maximum absolute atomic E-state index is 5.45. The maximum atomic E-state index is 5.45. The van der Waals surface area contributed by atoms with E-state index in [4.69, 9.17) is 4.74 Å². The molecule has 2 fully saturated rings. The molecule has 0 N–H and O–H groups in total. The number of hydrogen-bond donors (Lipinski definition) is 0. The second-order valence-electron chi connectivity index (χ2n) is 7.36. The van der Waals surface area contributed by atoms with Crippen LogP contribution in [-0.2, 0) is 4.74 Å². The highest BCUT2D eigenvalue weighted by Crippen LogP contribution is 2.22. The first kappa shape index (κ1) is 17.8. The van der Waals surface area contributed by atoms with Crippen molar-refractivity contribution in [3.05, 3.63) is 30.1 Å². The predicted octanol–water partition coefficient (Wildman–Crippen LogP) is 3.36. The van der Waals surface area contributed by atoms with Crippen molar-refractivity contribution in [1.82, 2.24) is 14.8 Å². The summed E-state index contributed by atoms with van der Waals surface area (Å²) in [6, 6.07) is 6.66. The van der Waals surface area contributed by atoms with Gasteiger partial charge in [-0.1, -0.05) is 18.9 Å². The van der Waals surface area contributed by atoms with E-state index in [0.29, 0.717) is 6.04 Å². The third-order valence-electron chi connectivity index (χ3n) is 5.75. The van der Waals surface area contributed by atoms with E-state index in [-0.39, 0.29) is 0 Å². The fraction of sp³-hybridized carbons (Fsp3) is 0.750. The van der Waals surface area contributed by atoms with Crippen LogP contribution >= 0.6 is 0 Å². The molecule has 1 aromatic rings. The highest BCUT2D eigenvalue weighted by molar-refractivity contribution is 5.08. The van der Waals surface area contributed by atoms with E-state index in [1.54, 1.807) is 0 Å². The van der Waals surface area contributed by atoms with E-state index in [9.17, 15) is 0 Å². The normalized spacial score (nSPS) is 22.5. The molecule has 0 aliphatic carbocycles. The summed E-state index contributed by atoms with van der Waals surface area (Å²) >= 11 is 0. The van der Waals surface area contributed by atoms with E-state index < -0.39 is 0 Å². The first-order valence-corrected chi connectivity index (χ1v) is 9.78. The van der Waals surface area contributed by atoms with Crippen LogP contribution in [0.25, 0.3) is 0 Å². The van der Waals surface area contributed by atoms with E-state index in [1.165, 1.54) is 57.4 Å². The van der Waals surface area contributed by atoms with Crippen LogP contribution in [0.1, 0.15) is 50.8 Å². The van der Waals surface area contributed by atoms with Crippen LogP contribution in [0.4, 0.5) is 0 Å². The monoisotopic (exact) mass is 331 g/mol. The minimum atomic E-state index is 0.432. The molecule has 3 heterocycles. The van der Waals surface area contributed by atoms with Crippen molar-refractivity contribution in [1.29, 1.82) is 0 Å². The minimum absolute atomic E-state index is 0.432. The molecule has 1 atom stereocenters. The van der Waals surface area contributed by atoms with Gasteiger partial charge in [0, 0.05) is 51.6 Å². The van der Waals surface area contributed by atoms with Crippen LogP contribution in [0.15, 0.2) is 24.4 Å². The van der Waals surface area contributed by atoms with Crippen molar-refractivity contribution in [2.75, 3.05) is 45.9 Å². The molecule has 0 aromatic carbocycles. The zero-order chi connectivity index (χ0) is 16.6. The van der Waals surface area contributed by atoms with Crippen molar-refractivity contribution >= 4 is 0 Å². The summed E-state index contributed by atoms with van der Waals surface area (Å²) in [6.45, 7) is 10.3. The number of unbranched alkanes of at least 4 members (excludes halogenated alkanes) is 1. The van der Waals surface area contributed by atoms with Crippen LogP contribution in [0, 0.1) is 5.92 Å². The summed E-state index contributed by atoms with van der Waals surface area (Å²) in [5, 5.41) is 0. The Morgan fingerprint density at radius 3 is 2.62 bits per heavy atom. The lowest BCUT2D eigenvalue weighted by Gasteiger charge is -2.38. The Labute approximate surface area is 147 Å². The van der Waals surface area contributed by atoms with Crippen molar-refractivity contribution in [3.63, 3.8) is 0 Å². The maximum Gasteiger partial charge on any atom is 0.0572 e. The molecule has 0 saturated carbocycles. The molecule has 4 heteroatoms. The first-order valence-electron chi connectivity index (χ1n) is 9.78. The molecule has 24 heavy (non-hydrogen) atoms. The molecular formula is C20H33N3O. The van der Waals surface area contributed by atoms with Gasteiger partial charge in [0.25, 0.3) is 0 Å². The van der Waals surface area contributed by atoms with Gasteiger partial charge in [0.15, 0.2) is 0 Å². The predicted molar refractivity (Wildman–Crippen MR) is 98.1 cm³/mol. The second-order valence-corrected chi connectivity index (χ2v) is 7.36. The van der Waals surface area contributed by atoms with E-state index in [2.05, 4.69) is 33.8 Å². The van der Waals surface area contributed by atoms with Gasteiger partial charge < -0.3 is 9.64 Å². The molecule has 1 aromatic heterocycles. The number of pyridine rings is 1. The summed E-state index contributed by atoms with van der Waals surface area (Å²) in [5.41, 5.74) is 1.20. The lowest BCUT2D eigenvalue weighted by Crippen LogP contribution is -2.47. The molecule has 2 saturated heterocycles. The van der Waals surface area contributed by atoms with Gasteiger partial charge in [0.1, 0.15) is 0 Å². The largest absolute Gasteiger partial charge is 0.381 e. The fourth-order valence-electron chi connectivity index (χ4n) is 3.99. The van der Waals surface area contributed by atoms with Crippen LogP contribution in [0.5, 0.6) is 0 Å². The van der Waals surface area contributed by atoms with Gasteiger partial charge in [-0.2, -0.15) is 0 Å². The average Bonchev–Trinajstić information content (AvgIpc) is 2.67. The number of piperazine rings is 1. The van der Waals surface area contributed by atoms with Gasteiger partial charge in [-0.25, -0.2) is 0 Å². The molecule has 4 nitrogen and oxygen atoms in total. The van der Waals surface area contributed by atoms with Crippen LogP contribution in [-0.4, -0.2) is 60.7 Å². The van der Waals surface area contributed by atoms with Crippen LogP contribution in [0.3, 0.4) is 0 Å². The van der Waals surface area contributed by atoms with Gasteiger partial charge in [0.05, 0.1) is 5.69 Å². The Morgan fingerprint density at radius 2 is 1.92 bits per heavy atom. The summed E-state index contributed by atoms with van der Waals surface area (Å²) in [4.78, 5) is 9.73. The topological polar surface area (TPSA) is 28.6 Å². The van der Waals surface area contributed by atoms with Gasteiger partial charge in [-0.15, -0.1) is 0 Å². The van der Waals surface area contributed by atoms with Gasteiger partial charge in [-0.05, 0) is 50.8 Å². The lowest BCUT2D eigenvalue weighted by molar-refractivity contribution is 0.0622. The molecule has 0 spiro atoms. The molecular weight excluding hydrogens is 298 g/mol. The standard InChI is InChI=1S/C20H33N3O/c1-18(20-7-2-4-10-21-20)23-14-12-22(13-15-23)11-5-3-6-19-8-16-24-17-9-19/h2,4,7,10,18-19H,3,5-6,8-9,11-17H2,1H3/t18-/m1/s1. The fourth-order valence-corrected chi connectivity index (χ4v) is 3.99. The summed E-state index contributed by atoms with van der Waals surface area (Å²) in [7, 11) is 0. The summed E-state index contributed by atoms with van der Waals surface area (Å²) in [6.07, 6.45) is 8.61. The Hall–Kier alpha value is -0.970. The third-order valence-corrected chi connectivity index (χ3v) is 5.75. The van der Waals surface area contributed by atoms with Gasteiger partial charge in [0.2, 0.25) is 0 Å². The molecule has 0 radical (unpaired) electrons. The zero-order valence-electron chi connectivity index (χ0n) is 15.2. The van der Waals surface area contributed by atoms with Crippen LogP contribution < -0.4 is 0 Å². The molecule has 134 valence electrons. The Morgan fingerprint density at radius 1 is 1.12 bits per heavy atom. The highest BCUT2D eigenvalue weighted by atomic mass is 16.5. The molecule has 0 unspecified atom stereocenters. The zero-order valence-corrected chi connectivity index (χ0v) is 15.2. The molecule has 3 rings (SSSR count). The second kappa shape index (κ2) is 9.50. The number of hydrogen-bond acceptors (Lipinski definition) is 4. The van der Waals surface area contributed by atoms with Crippen molar-refractivity contribution in [3.8, 4) is 0 Å². The summed E-state index contributed by atoms with van der Waals surface area (Å²) < 4.78 is 5.45. The van der Waals surface area contributed by atoms with Gasteiger partial charge in [-0.3, -0.25) is 9.88 Å². The molecule has 0 bridgehead atoms. The van der Waals surface area contributed by atoms with Crippen molar-refractivity contribution < 1.29 is 4.74 Å². The van der Waals surface area contributed by atoms with Crippen molar-refractivity contribution in [2.24, 2.45) is 5.92 Å². The number of nitrogens with zero attached hydrogens (tertiary/aromatic N) is 3. The average molecular weight is 332 g/mol. The third kappa shape index (κ3) is 5.27. The Kier molecular flexibility index (Phi) is 7.06. The van der Waals surface area contributed by atoms with E-state index >= 15 is 0 Å². The van der Waals surface area contributed by atoms with Crippen molar-refractivity contribution in [2.45, 2.75) is 45.1 Å². The van der Waals surface area contributed by atoms with E-state index in [0.717, 1.165) is 32.2 Å². The lowest BCUT2D eigenvalue weighted by atomic mass is 9.94. The van der Waals surface area contributed by atoms with Gasteiger partial charge >= 0.3 is 0 Å². The number of aromatic nitrogens is 1. The Balaban J connectivity index is 1.30. The first-order chi connectivity index (χ1) is 11.8. The summed E-state index contributed by atoms with van der Waals surface area (Å²) in [5.74, 6) is 0.926. The number of rotatable bonds is 7. The van der Waals surface area contributed by atoms with E-state index in [1.807, 2.05) is 12.3 Å². The molecule has 0 amide bonds. The molecule has 2 aliphatic heterocycles.